The van der Waals surface area contributed by atoms with Crippen LogP contribution in [0, 0.1) is 0 Å². The molecule has 1 rings (SSSR count). The third kappa shape index (κ3) is 7.61. The van der Waals surface area contributed by atoms with E-state index >= 15 is 0 Å². The van der Waals surface area contributed by atoms with Crippen molar-refractivity contribution in [3.8, 4) is 11.9 Å². The lowest BCUT2D eigenvalue weighted by Gasteiger charge is -2.07. The smallest absolute Gasteiger partial charge is 0.333 e. The minimum Gasteiger partial charge on any atom is -0.478 e. The van der Waals surface area contributed by atoms with Gasteiger partial charge < -0.3 is 14.2 Å². The van der Waals surface area contributed by atoms with E-state index in [-0.39, 0.29) is 5.97 Å². The quantitative estimate of drug-likeness (QED) is 0.355. The first-order valence-electron chi connectivity index (χ1n) is 7.54. The molecule has 1 aromatic rings. The number of hydrogen-bond acceptors (Lipinski definition) is 6. The van der Waals surface area contributed by atoms with Gasteiger partial charge >= 0.3 is 12.0 Å². The van der Waals surface area contributed by atoms with E-state index in [1.165, 1.54) is 0 Å². The first kappa shape index (κ1) is 17.9. The zero-order valence-electron chi connectivity index (χ0n) is 13.3. The first-order chi connectivity index (χ1) is 10.6. The molecule has 0 amide bonds. The summed E-state index contributed by atoms with van der Waals surface area (Å²) in [5.74, 6) is 0.200. The molecule has 0 saturated heterocycles. The number of aromatic nitrogens is 2. The van der Waals surface area contributed by atoms with Gasteiger partial charge in [0, 0.05) is 17.8 Å². The number of unbranched alkanes of at least 4 members (excludes halogenated alkanes) is 3. The average Bonchev–Trinajstić information content (AvgIpc) is 2.50. The van der Waals surface area contributed by atoms with Crippen LogP contribution in [0.2, 0.25) is 0 Å². The summed E-state index contributed by atoms with van der Waals surface area (Å²) in [7, 11) is 0. The summed E-state index contributed by atoms with van der Waals surface area (Å²) in [4.78, 5) is 19.2. The van der Waals surface area contributed by atoms with Gasteiger partial charge in [-0.15, -0.1) is 0 Å². The summed E-state index contributed by atoms with van der Waals surface area (Å²) in [6, 6.07) is 2.04. The van der Waals surface area contributed by atoms with Crippen molar-refractivity contribution in [1.29, 1.82) is 0 Å². The summed E-state index contributed by atoms with van der Waals surface area (Å²) in [6.45, 7) is 8.61. The molecule has 122 valence electrons. The molecule has 0 bridgehead atoms. The van der Waals surface area contributed by atoms with Crippen molar-refractivity contribution in [1.82, 2.24) is 9.97 Å². The van der Waals surface area contributed by atoms with Gasteiger partial charge in [0.1, 0.15) is 0 Å². The Labute approximate surface area is 131 Å². The van der Waals surface area contributed by atoms with E-state index in [4.69, 9.17) is 14.2 Å². The van der Waals surface area contributed by atoms with Gasteiger partial charge in [0.15, 0.2) is 0 Å². The van der Waals surface area contributed by atoms with Crippen molar-refractivity contribution in [3.63, 3.8) is 0 Å². The van der Waals surface area contributed by atoms with Crippen molar-refractivity contribution < 1.29 is 19.0 Å². The Bertz CT molecular complexity index is 477. The van der Waals surface area contributed by atoms with Gasteiger partial charge in [0.2, 0.25) is 5.88 Å². The van der Waals surface area contributed by atoms with E-state index in [9.17, 15) is 4.79 Å². The summed E-state index contributed by atoms with van der Waals surface area (Å²) in [6.07, 6.45) is 5.38. The third-order valence-corrected chi connectivity index (χ3v) is 2.75. The van der Waals surface area contributed by atoms with Crippen LogP contribution in [0.4, 0.5) is 0 Å². The Morgan fingerprint density at radius 3 is 2.59 bits per heavy atom. The van der Waals surface area contributed by atoms with E-state index in [0.717, 1.165) is 25.7 Å². The molecule has 0 aliphatic heterocycles. The fraction of sp³-hybridized carbons (Fsp3) is 0.562. The van der Waals surface area contributed by atoms with E-state index in [0.29, 0.717) is 37.3 Å². The molecule has 22 heavy (non-hydrogen) atoms. The van der Waals surface area contributed by atoms with Crippen LogP contribution in [-0.2, 0) is 9.53 Å². The maximum absolute atomic E-state index is 11.1. The second-order valence-electron chi connectivity index (χ2n) is 4.79. The summed E-state index contributed by atoms with van der Waals surface area (Å²) < 4.78 is 15.8. The van der Waals surface area contributed by atoms with Gasteiger partial charge in [0.05, 0.1) is 19.8 Å². The minimum atomic E-state index is -0.322. The maximum atomic E-state index is 11.1. The van der Waals surface area contributed by atoms with Crippen molar-refractivity contribution in [3.05, 3.63) is 24.4 Å². The number of ether oxygens (including phenoxy) is 3. The molecular weight excluding hydrogens is 284 g/mol. The molecule has 6 heteroatoms. The maximum Gasteiger partial charge on any atom is 0.333 e. The van der Waals surface area contributed by atoms with Crippen molar-refractivity contribution >= 4 is 5.97 Å². The molecule has 0 aliphatic rings. The Morgan fingerprint density at radius 2 is 1.91 bits per heavy atom. The number of carbonyl (C=O) groups is 1. The van der Waals surface area contributed by atoms with Gasteiger partial charge in [-0.25, -0.2) is 9.78 Å². The SMILES string of the molecule is C=C(C)C(=O)OCCCCCCOc1ccnc(OCC)n1. The highest BCUT2D eigenvalue weighted by atomic mass is 16.5. The van der Waals surface area contributed by atoms with E-state index in [2.05, 4.69) is 16.5 Å². The van der Waals surface area contributed by atoms with Crippen LogP contribution < -0.4 is 9.47 Å². The van der Waals surface area contributed by atoms with Gasteiger partial charge in [-0.3, -0.25) is 0 Å². The molecule has 0 spiro atoms. The highest BCUT2D eigenvalue weighted by Crippen LogP contribution is 2.11. The van der Waals surface area contributed by atoms with Crippen LogP contribution in [0.3, 0.4) is 0 Å². The molecule has 1 aromatic heterocycles. The fourth-order valence-corrected chi connectivity index (χ4v) is 1.63. The largest absolute Gasteiger partial charge is 0.478 e. The topological polar surface area (TPSA) is 70.5 Å². The predicted molar refractivity (Wildman–Crippen MR) is 82.9 cm³/mol. The standard InChI is InChI=1S/C16H24N2O4/c1-4-20-16-17-10-9-14(18-16)21-11-7-5-6-8-12-22-15(19)13(2)3/h9-10H,2,4-8,11-12H2,1,3H3. The summed E-state index contributed by atoms with van der Waals surface area (Å²) in [5.41, 5.74) is 0.435. The molecule has 0 atom stereocenters. The molecule has 0 saturated carbocycles. The van der Waals surface area contributed by atoms with Crippen molar-refractivity contribution in [2.75, 3.05) is 19.8 Å². The average molecular weight is 308 g/mol. The normalized spacial score (nSPS) is 10.1. The van der Waals surface area contributed by atoms with Crippen molar-refractivity contribution in [2.24, 2.45) is 0 Å². The summed E-state index contributed by atoms with van der Waals surface area (Å²) >= 11 is 0. The predicted octanol–water partition coefficient (Wildman–Crippen LogP) is 2.93. The zero-order chi connectivity index (χ0) is 16.2. The fourth-order valence-electron chi connectivity index (χ4n) is 1.63. The number of hydrogen-bond donors (Lipinski definition) is 0. The van der Waals surface area contributed by atoms with Crippen molar-refractivity contribution in [2.45, 2.75) is 39.5 Å². The second-order valence-corrected chi connectivity index (χ2v) is 4.79. The van der Waals surface area contributed by atoms with Gasteiger partial charge in [0.25, 0.3) is 0 Å². The van der Waals surface area contributed by atoms with Crippen LogP contribution in [0.1, 0.15) is 39.5 Å². The number of nitrogens with zero attached hydrogens (tertiary/aromatic N) is 2. The Morgan fingerprint density at radius 1 is 1.18 bits per heavy atom. The molecular formula is C16H24N2O4. The number of rotatable bonds is 11. The summed E-state index contributed by atoms with van der Waals surface area (Å²) in [5, 5.41) is 0. The molecule has 6 nitrogen and oxygen atoms in total. The highest BCUT2D eigenvalue weighted by molar-refractivity contribution is 5.86. The number of esters is 1. The van der Waals surface area contributed by atoms with Crippen LogP contribution in [0.5, 0.6) is 11.9 Å². The third-order valence-electron chi connectivity index (χ3n) is 2.75. The second kappa shape index (κ2) is 10.6. The molecule has 0 radical (unpaired) electrons. The van der Waals surface area contributed by atoms with E-state index in [1.807, 2.05) is 6.92 Å². The lowest BCUT2D eigenvalue weighted by molar-refractivity contribution is -0.139. The number of carbonyl (C=O) groups excluding carboxylic acids is 1. The molecule has 1 heterocycles. The molecule has 0 fully saturated rings. The monoisotopic (exact) mass is 308 g/mol. The Hall–Kier alpha value is -2.11. The Balaban J connectivity index is 2.05. The molecule has 0 N–H and O–H groups in total. The lowest BCUT2D eigenvalue weighted by Crippen LogP contribution is -2.06. The Kier molecular flexibility index (Phi) is 8.64. The zero-order valence-corrected chi connectivity index (χ0v) is 13.3. The molecule has 0 unspecified atom stereocenters. The molecule has 0 aromatic carbocycles. The van der Waals surface area contributed by atoms with Gasteiger partial charge in [-0.2, -0.15) is 4.98 Å². The van der Waals surface area contributed by atoms with Crippen LogP contribution in [0.25, 0.3) is 0 Å². The van der Waals surface area contributed by atoms with Crippen LogP contribution >= 0.6 is 0 Å². The van der Waals surface area contributed by atoms with E-state index < -0.39 is 0 Å². The van der Waals surface area contributed by atoms with Gasteiger partial charge in [-0.05, 0) is 39.5 Å². The van der Waals surface area contributed by atoms with Crippen LogP contribution in [-0.4, -0.2) is 35.8 Å². The van der Waals surface area contributed by atoms with Crippen LogP contribution in [0.15, 0.2) is 24.4 Å². The molecule has 0 aliphatic carbocycles. The minimum absolute atomic E-state index is 0.322. The van der Waals surface area contributed by atoms with E-state index in [1.54, 1.807) is 19.2 Å². The van der Waals surface area contributed by atoms with Gasteiger partial charge in [-0.1, -0.05) is 6.58 Å². The first-order valence-corrected chi connectivity index (χ1v) is 7.54. The highest BCUT2D eigenvalue weighted by Gasteiger charge is 2.02. The lowest BCUT2D eigenvalue weighted by atomic mass is 10.2.